The Morgan fingerprint density at radius 1 is 1.05 bits per heavy atom. The lowest BCUT2D eigenvalue weighted by Crippen LogP contribution is -2.45. The predicted molar refractivity (Wildman–Crippen MR) is 83.9 cm³/mol. The van der Waals surface area contributed by atoms with Gasteiger partial charge in [0.15, 0.2) is 0 Å². The van der Waals surface area contributed by atoms with E-state index in [1.165, 1.54) is 16.3 Å². The molecule has 106 valence electrons. The van der Waals surface area contributed by atoms with Gasteiger partial charge in [0.25, 0.3) is 0 Å². The number of hydrogen-bond acceptors (Lipinski definition) is 2. The molecule has 0 saturated carbocycles. The standard InChI is InChI=1S/C18H23NO/c1-2-19-12-10-18(20,11-13-19)14-16-8-5-7-15-6-3-4-9-17(15)16/h3-9,20H,2,10-14H2,1H3. The summed E-state index contributed by atoms with van der Waals surface area (Å²) in [6.07, 6.45) is 2.53. The second-order valence-electron chi connectivity index (χ2n) is 5.97. The van der Waals surface area contributed by atoms with E-state index in [1.807, 2.05) is 0 Å². The third-order valence-corrected chi connectivity index (χ3v) is 4.63. The lowest BCUT2D eigenvalue weighted by Gasteiger charge is -2.38. The Bertz CT molecular complexity index is 579. The first-order valence-corrected chi connectivity index (χ1v) is 7.61. The molecule has 1 heterocycles. The van der Waals surface area contributed by atoms with Crippen LogP contribution in [0.2, 0.25) is 0 Å². The molecule has 0 amide bonds. The molecule has 2 heteroatoms. The molecule has 2 aromatic carbocycles. The van der Waals surface area contributed by atoms with Gasteiger partial charge in [0, 0.05) is 19.5 Å². The van der Waals surface area contributed by atoms with E-state index in [2.05, 4.69) is 54.3 Å². The van der Waals surface area contributed by atoms with Crippen molar-refractivity contribution in [3.63, 3.8) is 0 Å². The summed E-state index contributed by atoms with van der Waals surface area (Å²) in [5.41, 5.74) is 0.742. The number of piperidine rings is 1. The highest BCUT2D eigenvalue weighted by Gasteiger charge is 2.32. The number of aliphatic hydroxyl groups is 1. The molecule has 0 aromatic heterocycles. The normalized spacial score (nSPS) is 19.3. The fourth-order valence-electron chi connectivity index (χ4n) is 3.26. The van der Waals surface area contributed by atoms with Gasteiger partial charge in [-0.2, -0.15) is 0 Å². The average Bonchev–Trinajstić information content (AvgIpc) is 2.48. The Hall–Kier alpha value is -1.38. The molecule has 0 radical (unpaired) electrons. The van der Waals surface area contributed by atoms with Gasteiger partial charge < -0.3 is 10.0 Å². The number of benzene rings is 2. The van der Waals surface area contributed by atoms with E-state index in [1.54, 1.807) is 0 Å². The molecular formula is C18H23NO. The Balaban J connectivity index is 1.83. The van der Waals surface area contributed by atoms with Crippen LogP contribution in [0.5, 0.6) is 0 Å². The summed E-state index contributed by atoms with van der Waals surface area (Å²) in [5, 5.41) is 13.4. The maximum atomic E-state index is 10.9. The van der Waals surface area contributed by atoms with Crippen molar-refractivity contribution in [1.82, 2.24) is 4.90 Å². The molecule has 2 nitrogen and oxygen atoms in total. The van der Waals surface area contributed by atoms with Gasteiger partial charge in [-0.15, -0.1) is 0 Å². The third-order valence-electron chi connectivity index (χ3n) is 4.63. The third kappa shape index (κ3) is 2.72. The maximum Gasteiger partial charge on any atom is 0.0712 e. The van der Waals surface area contributed by atoms with Crippen LogP contribution in [0.4, 0.5) is 0 Å². The molecule has 1 fully saturated rings. The van der Waals surface area contributed by atoms with Crippen LogP contribution < -0.4 is 0 Å². The Labute approximate surface area is 121 Å². The van der Waals surface area contributed by atoms with Crippen LogP contribution in [0.15, 0.2) is 42.5 Å². The SMILES string of the molecule is CCN1CCC(O)(Cc2cccc3ccccc23)CC1. The lowest BCUT2D eigenvalue weighted by atomic mass is 9.84. The number of fused-ring (bicyclic) bond motifs is 1. The van der Waals surface area contributed by atoms with Gasteiger partial charge in [-0.3, -0.25) is 0 Å². The largest absolute Gasteiger partial charge is 0.389 e. The predicted octanol–water partition coefficient (Wildman–Crippen LogP) is 3.23. The molecule has 0 aliphatic carbocycles. The topological polar surface area (TPSA) is 23.5 Å². The second kappa shape index (κ2) is 5.55. The van der Waals surface area contributed by atoms with E-state index in [-0.39, 0.29) is 0 Å². The molecule has 1 aliphatic rings. The summed E-state index contributed by atoms with van der Waals surface area (Å²) in [4.78, 5) is 2.41. The molecule has 3 rings (SSSR count). The molecular weight excluding hydrogens is 246 g/mol. The molecule has 20 heavy (non-hydrogen) atoms. The van der Waals surface area contributed by atoms with Crippen molar-refractivity contribution in [1.29, 1.82) is 0 Å². The molecule has 0 spiro atoms. The summed E-state index contributed by atoms with van der Waals surface area (Å²) in [6.45, 7) is 5.30. The second-order valence-corrected chi connectivity index (χ2v) is 5.97. The highest BCUT2D eigenvalue weighted by Crippen LogP contribution is 2.29. The minimum Gasteiger partial charge on any atom is -0.389 e. The summed E-state index contributed by atoms with van der Waals surface area (Å²) in [6, 6.07) is 14.9. The van der Waals surface area contributed by atoms with Crippen LogP contribution in [0, 0.1) is 0 Å². The van der Waals surface area contributed by atoms with E-state index >= 15 is 0 Å². The number of likely N-dealkylation sites (tertiary alicyclic amines) is 1. The van der Waals surface area contributed by atoms with Gasteiger partial charge in [-0.1, -0.05) is 49.4 Å². The maximum absolute atomic E-state index is 10.9. The molecule has 1 saturated heterocycles. The van der Waals surface area contributed by atoms with E-state index in [0.29, 0.717) is 0 Å². The Morgan fingerprint density at radius 3 is 2.50 bits per heavy atom. The van der Waals surface area contributed by atoms with Crippen LogP contribution >= 0.6 is 0 Å². The van der Waals surface area contributed by atoms with Crippen LogP contribution in [0.1, 0.15) is 25.3 Å². The zero-order valence-corrected chi connectivity index (χ0v) is 12.2. The van der Waals surface area contributed by atoms with Crippen molar-refractivity contribution in [2.24, 2.45) is 0 Å². The number of rotatable bonds is 3. The lowest BCUT2D eigenvalue weighted by molar-refractivity contribution is -0.0191. The number of hydrogen-bond donors (Lipinski definition) is 1. The van der Waals surface area contributed by atoms with E-state index < -0.39 is 5.60 Å². The Morgan fingerprint density at radius 2 is 1.75 bits per heavy atom. The summed E-state index contributed by atoms with van der Waals surface area (Å²) < 4.78 is 0. The minimum atomic E-state index is -0.532. The van der Waals surface area contributed by atoms with Gasteiger partial charge in [0.2, 0.25) is 0 Å². The van der Waals surface area contributed by atoms with Crippen molar-refractivity contribution in [2.45, 2.75) is 31.8 Å². The van der Waals surface area contributed by atoms with Gasteiger partial charge in [-0.25, -0.2) is 0 Å². The van der Waals surface area contributed by atoms with Gasteiger partial charge in [0.05, 0.1) is 5.60 Å². The first-order valence-electron chi connectivity index (χ1n) is 7.61. The molecule has 0 atom stereocenters. The average molecular weight is 269 g/mol. The van der Waals surface area contributed by atoms with Crippen molar-refractivity contribution in [2.75, 3.05) is 19.6 Å². The van der Waals surface area contributed by atoms with E-state index in [9.17, 15) is 5.11 Å². The van der Waals surface area contributed by atoms with Gasteiger partial charge in [0.1, 0.15) is 0 Å². The van der Waals surface area contributed by atoms with Crippen molar-refractivity contribution < 1.29 is 5.11 Å². The van der Waals surface area contributed by atoms with Crippen LogP contribution in [-0.4, -0.2) is 35.2 Å². The van der Waals surface area contributed by atoms with E-state index in [0.717, 1.165) is 38.9 Å². The fraction of sp³-hybridized carbons (Fsp3) is 0.444. The fourth-order valence-corrected chi connectivity index (χ4v) is 3.26. The minimum absolute atomic E-state index is 0.532. The van der Waals surface area contributed by atoms with E-state index in [4.69, 9.17) is 0 Å². The van der Waals surface area contributed by atoms with Crippen LogP contribution in [0.25, 0.3) is 10.8 Å². The summed E-state index contributed by atoms with van der Waals surface area (Å²) in [7, 11) is 0. The van der Waals surface area contributed by atoms with Crippen LogP contribution in [0.3, 0.4) is 0 Å². The first kappa shape index (κ1) is 13.6. The van der Waals surface area contributed by atoms with Gasteiger partial charge in [-0.05, 0) is 35.7 Å². The smallest absolute Gasteiger partial charge is 0.0712 e. The van der Waals surface area contributed by atoms with Crippen molar-refractivity contribution >= 4 is 10.8 Å². The molecule has 1 N–H and O–H groups in total. The molecule has 0 unspecified atom stereocenters. The first-order chi connectivity index (χ1) is 9.70. The van der Waals surface area contributed by atoms with Gasteiger partial charge >= 0.3 is 0 Å². The highest BCUT2D eigenvalue weighted by molar-refractivity contribution is 5.85. The molecule has 1 aliphatic heterocycles. The zero-order chi connectivity index (χ0) is 14.0. The molecule has 0 bridgehead atoms. The highest BCUT2D eigenvalue weighted by atomic mass is 16.3. The zero-order valence-electron chi connectivity index (χ0n) is 12.2. The summed E-state index contributed by atoms with van der Waals surface area (Å²) >= 11 is 0. The summed E-state index contributed by atoms with van der Waals surface area (Å²) in [5.74, 6) is 0. The quantitative estimate of drug-likeness (QED) is 0.924. The number of nitrogens with zero attached hydrogens (tertiary/aromatic N) is 1. The van der Waals surface area contributed by atoms with Crippen molar-refractivity contribution in [3.05, 3.63) is 48.0 Å². The Kier molecular flexibility index (Phi) is 3.77. The van der Waals surface area contributed by atoms with Crippen molar-refractivity contribution in [3.8, 4) is 0 Å². The van der Waals surface area contributed by atoms with Crippen LogP contribution in [-0.2, 0) is 6.42 Å². The monoisotopic (exact) mass is 269 g/mol. The molecule has 2 aromatic rings.